The maximum absolute atomic E-state index is 5.57. The summed E-state index contributed by atoms with van der Waals surface area (Å²) in [6.45, 7) is 3.44. The number of benzene rings is 1. The van der Waals surface area contributed by atoms with Crippen molar-refractivity contribution >= 4 is 22.9 Å². The van der Waals surface area contributed by atoms with Gasteiger partial charge in [0.05, 0.1) is 13.2 Å². The van der Waals surface area contributed by atoms with Crippen molar-refractivity contribution in [3.8, 4) is 5.75 Å². The predicted octanol–water partition coefficient (Wildman–Crippen LogP) is 1.58. The maximum Gasteiger partial charge on any atom is 0.191 e. The van der Waals surface area contributed by atoms with Gasteiger partial charge in [0.1, 0.15) is 5.75 Å². The molecular weight excluding hydrogens is 282 g/mol. The van der Waals surface area contributed by atoms with Crippen LogP contribution < -0.4 is 15.4 Å². The topological polar surface area (TPSA) is 45.6 Å². The van der Waals surface area contributed by atoms with Gasteiger partial charge in [-0.2, -0.15) is 0 Å². The number of ether oxygens (including phenoxy) is 1. The number of nitrogens with one attached hydrogen (secondary N) is 2. The summed E-state index contributed by atoms with van der Waals surface area (Å²) in [5.41, 5.74) is 0. The van der Waals surface area contributed by atoms with E-state index in [9.17, 15) is 0 Å². The molecule has 0 spiro atoms. The molecule has 0 unspecified atom stereocenters. The molecule has 5 heteroatoms. The van der Waals surface area contributed by atoms with Gasteiger partial charge < -0.3 is 15.4 Å². The Morgan fingerprint density at radius 2 is 2.12 bits per heavy atom. The molecule has 0 bridgehead atoms. The van der Waals surface area contributed by atoms with Gasteiger partial charge in [-0.3, -0.25) is 4.99 Å². The Bertz CT molecular complexity index is 343. The summed E-state index contributed by atoms with van der Waals surface area (Å²) in [5.74, 6) is 1.85. The molecule has 0 amide bonds. The first-order valence-electron chi connectivity index (χ1n) is 5.65. The van der Waals surface area contributed by atoms with Gasteiger partial charge in [-0.05, 0) is 18.6 Å². The van der Waals surface area contributed by atoms with Crippen molar-refractivity contribution in [2.24, 2.45) is 4.99 Å². The van der Waals surface area contributed by atoms with Gasteiger partial charge in [0.25, 0.3) is 0 Å². The van der Waals surface area contributed by atoms with Crippen molar-refractivity contribution in [3.05, 3.63) is 30.3 Å². The predicted molar refractivity (Wildman–Crippen MR) is 75.2 cm³/mol. The molecule has 0 aliphatic carbocycles. The highest BCUT2D eigenvalue weighted by molar-refractivity contribution is 8.93. The van der Waals surface area contributed by atoms with Gasteiger partial charge in [0, 0.05) is 13.1 Å². The van der Waals surface area contributed by atoms with Gasteiger partial charge in [-0.15, -0.1) is 17.0 Å². The first kappa shape index (κ1) is 13.8. The van der Waals surface area contributed by atoms with Crippen molar-refractivity contribution in [2.45, 2.75) is 6.42 Å². The standard InChI is InChI=1S/C12H17N3O.BrH/c1-2-5-11(6-3-1)16-10-4-7-13-12-14-8-9-15-12;/h1-3,5-6H,4,7-10H2,(H2,13,14,15);1H. The normalized spacial score (nSPS) is 13.3. The third-order valence-corrected chi connectivity index (χ3v) is 2.30. The third-order valence-electron chi connectivity index (χ3n) is 2.30. The second-order valence-electron chi connectivity index (χ2n) is 3.60. The second kappa shape index (κ2) is 7.95. The summed E-state index contributed by atoms with van der Waals surface area (Å²) in [4.78, 5) is 4.25. The van der Waals surface area contributed by atoms with E-state index in [-0.39, 0.29) is 17.0 Å². The van der Waals surface area contributed by atoms with E-state index in [1.807, 2.05) is 30.3 Å². The van der Waals surface area contributed by atoms with Gasteiger partial charge in [-0.25, -0.2) is 0 Å². The zero-order chi connectivity index (χ0) is 11.1. The third kappa shape index (κ3) is 5.08. The van der Waals surface area contributed by atoms with Crippen molar-refractivity contribution in [2.75, 3.05) is 26.2 Å². The fourth-order valence-corrected chi connectivity index (χ4v) is 1.50. The quantitative estimate of drug-likeness (QED) is 0.812. The Morgan fingerprint density at radius 1 is 1.29 bits per heavy atom. The Hall–Kier alpha value is -1.23. The van der Waals surface area contributed by atoms with Crippen LogP contribution in [0.1, 0.15) is 6.42 Å². The van der Waals surface area contributed by atoms with Gasteiger partial charge >= 0.3 is 0 Å². The fourth-order valence-electron chi connectivity index (χ4n) is 1.50. The molecule has 0 aromatic heterocycles. The molecule has 0 radical (unpaired) electrons. The zero-order valence-electron chi connectivity index (χ0n) is 9.69. The molecule has 94 valence electrons. The highest BCUT2D eigenvalue weighted by Gasteiger charge is 2.02. The van der Waals surface area contributed by atoms with Gasteiger partial charge in [0.15, 0.2) is 5.96 Å². The monoisotopic (exact) mass is 299 g/mol. The van der Waals surface area contributed by atoms with Crippen LogP contribution in [0.5, 0.6) is 5.75 Å². The maximum atomic E-state index is 5.57. The SMILES string of the molecule is Br.c1ccc(OCCCNC2=NCCN2)cc1. The number of nitrogens with zero attached hydrogens (tertiary/aromatic N) is 1. The fraction of sp³-hybridized carbons (Fsp3) is 0.417. The number of aliphatic imine (C=N–C) groups is 1. The van der Waals surface area contributed by atoms with Gasteiger partial charge in [0.2, 0.25) is 0 Å². The smallest absolute Gasteiger partial charge is 0.191 e. The summed E-state index contributed by atoms with van der Waals surface area (Å²) in [6.07, 6.45) is 0.968. The second-order valence-corrected chi connectivity index (χ2v) is 3.60. The molecule has 0 saturated carbocycles. The van der Waals surface area contributed by atoms with E-state index >= 15 is 0 Å². The highest BCUT2D eigenvalue weighted by Crippen LogP contribution is 2.07. The zero-order valence-corrected chi connectivity index (χ0v) is 11.4. The lowest BCUT2D eigenvalue weighted by Crippen LogP contribution is -2.34. The molecular formula is C12H18BrN3O. The lowest BCUT2D eigenvalue weighted by Gasteiger charge is -2.07. The molecule has 1 aromatic rings. The van der Waals surface area contributed by atoms with E-state index in [1.165, 1.54) is 0 Å². The highest BCUT2D eigenvalue weighted by atomic mass is 79.9. The van der Waals surface area contributed by atoms with E-state index < -0.39 is 0 Å². The average Bonchev–Trinajstić information content (AvgIpc) is 2.83. The first-order chi connectivity index (χ1) is 7.95. The van der Waals surface area contributed by atoms with Crippen LogP contribution in [0.15, 0.2) is 35.3 Å². The molecule has 17 heavy (non-hydrogen) atoms. The molecule has 0 fully saturated rings. The van der Waals surface area contributed by atoms with Crippen LogP contribution in [-0.2, 0) is 0 Å². The Balaban J connectivity index is 0.00000144. The molecule has 0 atom stereocenters. The number of halogens is 1. The Kier molecular flexibility index (Phi) is 6.47. The Labute approximate surface area is 112 Å². The molecule has 0 saturated heterocycles. The summed E-state index contributed by atoms with van der Waals surface area (Å²) in [5, 5.41) is 6.39. The number of hydrogen-bond acceptors (Lipinski definition) is 4. The van der Waals surface area contributed by atoms with Crippen molar-refractivity contribution in [1.82, 2.24) is 10.6 Å². The van der Waals surface area contributed by atoms with Crippen molar-refractivity contribution < 1.29 is 4.74 Å². The number of hydrogen-bond donors (Lipinski definition) is 2. The van der Waals surface area contributed by atoms with Crippen molar-refractivity contribution in [1.29, 1.82) is 0 Å². The minimum Gasteiger partial charge on any atom is -0.494 e. The van der Waals surface area contributed by atoms with E-state index in [4.69, 9.17) is 4.74 Å². The largest absolute Gasteiger partial charge is 0.494 e. The summed E-state index contributed by atoms with van der Waals surface area (Å²) in [7, 11) is 0. The number of rotatable bonds is 5. The van der Waals surface area contributed by atoms with Crippen LogP contribution in [0, 0.1) is 0 Å². The van der Waals surface area contributed by atoms with Crippen LogP contribution in [0.4, 0.5) is 0 Å². The van der Waals surface area contributed by atoms with Crippen molar-refractivity contribution in [3.63, 3.8) is 0 Å². The molecule has 2 rings (SSSR count). The first-order valence-corrected chi connectivity index (χ1v) is 5.65. The summed E-state index contributed by atoms with van der Waals surface area (Å²) in [6, 6.07) is 9.87. The molecule has 1 aliphatic heterocycles. The number of guanidine groups is 1. The molecule has 1 heterocycles. The van der Waals surface area contributed by atoms with Crippen LogP contribution >= 0.6 is 17.0 Å². The summed E-state index contributed by atoms with van der Waals surface area (Å²) >= 11 is 0. The minimum absolute atomic E-state index is 0. The van der Waals surface area contributed by atoms with Crippen LogP contribution in [0.3, 0.4) is 0 Å². The van der Waals surface area contributed by atoms with Crippen LogP contribution in [0.25, 0.3) is 0 Å². The van der Waals surface area contributed by atoms with E-state index in [0.29, 0.717) is 0 Å². The minimum atomic E-state index is 0. The molecule has 1 aromatic carbocycles. The molecule has 4 nitrogen and oxygen atoms in total. The van der Waals surface area contributed by atoms with Crippen LogP contribution in [-0.4, -0.2) is 32.2 Å². The summed E-state index contributed by atoms with van der Waals surface area (Å²) < 4.78 is 5.57. The van der Waals surface area contributed by atoms with E-state index in [0.717, 1.165) is 44.4 Å². The Morgan fingerprint density at radius 3 is 2.82 bits per heavy atom. The lowest BCUT2D eigenvalue weighted by atomic mass is 10.3. The van der Waals surface area contributed by atoms with Crippen LogP contribution in [0.2, 0.25) is 0 Å². The number of para-hydroxylation sites is 1. The average molecular weight is 300 g/mol. The molecule has 2 N–H and O–H groups in total. The lowest BCUT2D eigenvalue weighted by molar-refractivity contribution is 0.311. The molecule has 1 aliphatic rings. The van der Waals surface area contributed by atoms with E-state index in [1.54, 1.807) is 0 Å². The van der Waals surface area contributed by atoms with Gasteiger partial charge in [-0.1, -0.05) is 18.2 Å². The van der Waals surface area contributed by atoms with E-state index in [2.05, 4.69) is 15.6 Å².